The number of rotatable bonds is 0. The van der Waals surface area contributed by atoms with Crippen LogP contribution >= 0.6 is 0 Å². The highest BCUT2D eigenvalue weighted by molar-refractivity contribution is 5.81. The van der Waals surface area contributed by atoms with Crippen molar-refractivity contribution in [1.29, 1.82) is 0 Å². The molecule has 22 heavy (non-hydrogen) atoms. The van der Waals surface area contributed by atoms with Gasteiger partial charge in [-0.15, -0.1) is 0 Å². The average molecular weight is 314 g/mol. The molecule has 0 aliphatic heterocycles. The molecule has 0 aliphatic rings. The number of carboxylic acid groups (broad SMARTS) is 1. The highest BCUT2D eigenvalue weighted by Crippen LogP contribution is 2.11. The number of aliphatic hydroxyl groups is 1. The van der Waals surface area contributed by atoms with Crippen LogP contribution < -0.4 is 5.11 Å². The van der Waals surface area contributed by atoms with Crippen LogP contribution in [-0.4, -0.2) is 18.2 Å². The number of carbonyl (C=O) groups is 1. The third-order valence-electron chi connectivity index (χ3n) is 1.66. The van der Waals surface area contributed by atoms with E-state index < -0.39 is 5.97 Å². The van der Waals surface area contributed by atoms with Gasteiger partial charge in [-0.25, -0.2) is 0 Å². The molecule has 0 fully saturated rings. The molecule has 0 atom stereocenters. The van der Waals surface area contributed by atoms with E-state index in [1.165, 1.54) is 10.8 Å². The summed E-state index contributed by atoms with van der Waals surface area (Å²) < 4.78 is 0. The van der Waals surface area contributed by atoms with Crippen molar-refractivity contribution in [2.45, 2.75) is 50.5 Å². The molecule has 0 amide bonds. The number of hydrogen-bond acceptors (Lipinski definition) is 3. The zero-order valence-corrected chi connectivity index (χ0v) is 11.4. The molecule has 0 radical (unpaired) electrons. The van der Waals surface area contributed by atoms with Crippen LogP contribution in [0, 0.1) is 0 Å². The van der Waals surface area contributed by atoms with Crippen LogP contribution in [0.5, 0.6) is 0 Å². The molecule has 1 N–H and O–H groups in total. The molecule has 2 aromatic rings. The molecule has 3 heteroatoms. The molecule has 0 aromatic heterocycles. The first-order valence-corrected chi connectivity index (χ1v) is 5.76. The second-order valence-corrected chi connectivity index (χ2v) is 2.84. The average Bonchev–Trinajstić information content (AvgIpc) is 2.43. The number of hydrogen-bond donors (Lipinski definition) is 1. The molecule has 3 nitrogen and oxygen atoms in total. The first-order chi connectivity index (χ1) is 8.70. The number of aliphatic hydroxyl groups excluding tert-OH is 1. The van der Waals surface area contributed by atoms with E-state index in [1.54, 1.807) is 0 Å². The van der Waals surface area contributed by atoms with Crippen molar-refractivity contribution in [3.05, 3.63) is 48.5 Å². The minimum atomic E-state index is -1.08. The lowest BCUT2D eigenvalue weighted by Crippen LogP contribution is -2.16. The predicted octanol–water partition coefficient (Wildman–Crippen LogP) is 4.78. The van der Waals surface area contributed by atoms with E-state index in [2.05, 4.69) is 48.5 Å². The van der Waals surface area contributed by atoms with E-state index in [9.17, 15) is 0 Å². The van der Waals surface area contributed by atoms with Gasteiger partial charge >= 0.3 is 0 Å². The van der Waals surface area contributed by atoms with E-state index in [-0.39, 0.29) is 29.7 Å². The fraction of sp³-hybridized carbons (Fsp3) is 0.421. The lowest BCUT2D eigenvalue weighted by Gasteiger charge is -1.92. The normalized spacial score (nSPS) is 6.23. The number of carbonyl (C=O) groups excluding carboxylic acids is 1. The Labute approximate surface area is 138 Å². The van der Waals surface area contributed by atoms with Crippen LogP contribution in [0.4, 0.5) is 0 Å². The fourth-order valence-corrected chi connectivity index (χ4v) is 1.13. The van der Waals surface area contributed by atoms with Crippen molar-refractivity contribution in [1.82, 2.24) is 0 Å². The maximum absolute atomic E-state index is 8.89. The highest BCUT2D eigenvalue weighted by Gasteiger charge is 1.85. The summed E-state index contributed by atoms with van der Waals surface area (Å²) in [5.74, 6) is -1.08. The maximum atomic E-state index is 8.89. The summed E-state index contributed by atoms with van der Waals surface area (Å²) in [6, 6.07) is 16.7. The van der Waals surface area contributed by atoms with Crippen molar-refractivity contribution in [3.8, 4) is 0 Å². The Morgan fingerprint density at radius 3 is 1.05 bits per heavy atom. The molecule has 0 heterocycles. The Kier molecular flexibility index (Phi) is 46.1. The van der Waals surface area contributed by atoms with Gasteiger partial charge in [0.15, 0.2) is 0 Å². The molecular weight excluding hydrogens is 276 g/mol. The van der Waals surface area contributed by atoms with E-state index >= 15 is 0 Å². The van der Waals surface area contributed by atoms with Crippen molar-refractivity contribution < 1.29 is 15.0 Å². The van der Waals surface area contributed by atoms with Gasteiger partial charge in [0.25, 0.3) is 0 Å². The van der Waals surface area contributed by atoms with Crippen molar-refractivity contribution >= 4 is 16.7 Å². The summed E-state index contributed by atoms with van der Waals surface area (Å²) >= 11 is 0. The monoisotopic (exact) mass is 313 g/mol. The van der Waals surface area contributed by atoms with Gasteiger partial charge in [-0.3, -0.25) is 0 Å². The second kappa shape index (κ2) is 27.5. The van der Waals surface area contributed by atoms with Gasteiger partial charge in [0.1, 0.15) is 0 Å². The summed E-state index contributed by atoms with van der Waals surface area (Å²) in [5.41, 5.74) is 0. The van der Waals surface area contributed by atoms with E-state index in [0.717, 1.165) is 14.0 Å². The molecule has 0 aliphatic carbocycles. The standard InChI is InChI=1S/C10H8.C2H4O2.C2H6.CH4O.4CH4/c1-2-6-10-8-4-3-7-9(10)5-1;1-2(3)4;2*1-2;;;;/h1-8H;1H3,(H,3,4);1-2H3;2H,1H3;4*1H4/p-1. The highest BCUT2D eigenvalue weighted by atomic mass is 16.4. The van der Waals surface area contributed by atoms with E-state index in [1.807, 2.05) is 13.8 Å². The molecule has 2 aromatic carbocycles. The summed E-state index contributed by atoms with van der Waals surface area (Å²) in [7, 11) is 1.00. The van der Waals surface area contributed by atoms with Crippen molar-refractivity contribution in [2.75, 3.05) is 7.11 Å². The number of carboxylic acids is 1. The topological polar surface area (TPSA) is 60.4 Å². The van der Waals surface area contributed by atoms with Crippen LogP contribution in [0.2, 0.25) is 0 Å². The molecule has 0 saturated heterocycles. The van der Waals surface area contributed by atoms with Gasteiger partial charge in [-0.1, -0.05) is 92.1 Å². The zero-order chi connectivity index (χ0) is 14.4. The maximum Gasteiger partial charge on any atom is 0.0383 e. The third kappa shape index (κ3) is 20.4. The van der Waals surface area contributed by atoms with Crippen molar-refractivity contribution in [2.24, 2.45) is 0 Å². The SMILES string of the molecule is C.C.C.C.CC.CC(=O)[O-].CO.c1ccc2ccccc2c1. The minimum Gasteiger partial charge on any atom is -0.550 e. The largest absolute Gasteiger partial charge is 0.550 e. The second-order valence-electron chi connectivity index (χ2n) is 2.84. The Morgan fingerprint density at radius 1 is 0.773 bits per heavy atom. The first kappa shape index (κ1) is 36.9. The number of fused-ring (bicyclic) bond motifs is 1. The predicted molar refractivity (Wildman–Crippen MR) is 101 cm³/mol. The van der Waals surface area contributed by atoms with Gasteiger partial charge in [0, 0.05) is 13.1 Å². The molecular formula is C19H37O3-. The quantitative estimate of drug-likeness (QED) is 0.761. The van der Waals surface area contributed by atoms with Crippen LogP contribution in [0.3, 0.4) is 0 Å². The molecule has 0 saturated carbocycles. The smallest absolute Gasteiger partial charge is 0.0383 e. The Bertz CT molecular complexity index is 356. The Balaban J connectivity index is -0.0000000473. The molecule has 0 unspecified atom stereocenters. The lowest BCUT2D eigenvalue weighted by molar-refractivity contribution is -0.302. The Morgan fingerprint density at radius 2 is 0.909 bits per heavy atom. The van der Waals surface area contributed by atoms with Crippen LogP contribution in [0.15, 0.2) is 48.5 Å². The number of benzene rings is 2. The summed E-state index contributed by atoms with van der Waals surface area (Å²) in [4.78, 5) is 8.89. The van der Waals surface area contributed by atoms with Crippen molar-refractivity contribution in [3.63, 3.8) is 0 Å². The third-order valence-corrected chi connectivity index (χ3v) is 1.66. The van der Waals surface area contributed by atoms with Gasteiger partial charge in [-0.2, -0.15) is 0 Å². The fourth-order valence-electron chi connectivity index (χ4n) is 1.13. The van der Waals surface area contributed by atoms with Crippen LogP contribution in [0.1, 0.15) is 50.5 Å². The van der Waals surface area contributed by atoms with Gasteiger partial charge in [-0.05, 0) is 17.7 Å². The summed E-state index contributed by atoms with van der Waals surface area (Å²) in [6.07, 6.45) is 0. The molecule has 2 rings (SSSR count). The molecule has 0 spiro atoms. The van der Waals surface area contributed by atoms with Gasteiger partial charge in [0.2, 0.25) is 0 Å². The molecule has 0 bridgehead atoms. The summed E-state index contributed by atoms with van der Waals surface area (Å²) in [5, 5.41) is 18.5. The summed E-state index contributed by atoms with van der Waals surface area (Å²) in [6.45, 7) is 4.97. The number of aliphatic carboxylic acids is 1. The van der Waals surface area contributed by atoms with Crippen LogP contribution in [0.25, 0.3) is 10.8 Å². The van der Waals surface area contributed by atoms with E-state index in [0.29, 0.717) is 0 Å². The first-order valence-electron chi connectivity index (χ1n) is 5.76. The minimum absolute atomic E-state index is 0. The Hall–Kier alpha value is -1.87. The van der Waals surface area contributed by atoms with E-state index in [4.69, 9.17) is 15.0 Å². The lowest BCUT2D eigenvalue weighted by atomic mass is 10.1. The van der Waals surface area contributed by atoms with Gasteiger partial charge in [0.05, 0.1) is 0 Å². The zero-order valence-electron chi connectivity index (χ0n) is 11.4. The molecule has 132 valence electrons. The van der Waals surface area contributed by atoms with Gasteiger partial charge < -0.3 is 15.0 Å². The van der Waals surface area contributed by atoms with Crippen LogP contribution in [-0.2, 0) is 4.79 Å².